The summed E-state index contributed by atoms with van der Waals surface area (Å²) in [4.78, 5) is 11.7. The molecule has 0 radical (unpaired) electrons. The Balaban J connectivity index is 2.60. The first-order valence-corrected chi connectivity index (χ1v) is 5.91. The summed E-state index contributed by atoms with van der Waals surface area (Å²) in [7, 11) is 0. The number of aryl methyl sites for hydroxylation is 1. The van der Waals surface area contributed by atoms with Crippen molar-refractivity contribution in [3.8, 4) is 0 Å². The lowest BCUT2D eigenvalue weighted by Gasteiger charge is -2.29. The van der Waals surface area contributed by atoms with Gasteiger partial charge in [-0.3, -0.25) is 4.79 Å². The predicted octanol–water partition coefficient (Wildman–Crippen LogP) is 3.45. The van der Waals surface area contributed by atoms with E-state index in [0.29, 0.717) is 0 Å². The molecule has 80 valence electrons. The van der Waals surface area contributed by atoms with E-state index in [0.717, 1.165) is 15.7 Å². The molecule has 0 saturated carbocycles. The highest BCUT2D eigenvalue weighted by Gasteiger charge is 2.30. The molecule has 1 aromatic rings. The van der Waals surface area contributed by atoms with Crippen molar-refractivity contribution in [3.63, 3.8) is 0 Å². The molecule has 1 N–H and O–H groups in total. The number of rotatable bonds is 0. The van der Waals surface area contributed by atoms with Gasteiger partial charge in [-0.05, 0) is 36.1 Å². The molecule has 2 rings (SSSR count). The second-order valence-corrected chi connectivity index (χ2v) is 5.17. The molecule has 0 aliphatic carbocycles. The molecule has 1 aliphatic rings. The Morgan fingerprint density at radius 3 is 2.60 bits per heavy atom. The maximum absolute atomic E-state index is 11.7. The van der Waals surface area contributed by atoms with E-state index in [-0.39, 0.29) is 17.7 Å². The second-order valence-electron chi connectivity index (χ2n) is 4.25. The molecular weight excluding hydrogens is 254 g/mol. The van der Waals surface area contributed by atoms with Gasteiger partial charge in [-0.25, -0.2) is 0 Å². The third-order valence-electron chi connectivity index (χ3n) is 3.23. The molecule has 15 heavy (non-hydrogen) atoms. The van der Waals surface area contributed by atoms with E-state index >= 15 is 0 Å². The van der Waals surface area contributed by atoms with Gasteiger partial charge in [0, 0.05) is 16.1 Å². The van der Waals surface area contributed by atoms with Crippen LogP contribution in [0.25, 0.3) is 0 Å². The number of amides is 1. The minimum atomic E-state index is 0.0474. The van der Waals surface area contributed by atoms with E-state index in [2.05, 4.69) is 34.2 Å². The second kappa shape index (κ2) is 3.63. The van der Waals surface area contributed by atoms with Crippen LogP contribution in [0.5, 0.6) is 0 Å². The topological polar surface area (TPSA) is 29.1 Å². The summed E-state index contributed by atoms with van der Waals surface area (Å²) in [5, 5.41) is 2.98. The maximum atomic E-state index is 11.7. The highest BCUT2D eigenvalue weighted by Crippen LogP contribution is 2.38. The van der Waals surface area contributed by atoms with E-state index in [9.17, 15) is 4.79 Å². The molecule has 0 unspecified atom stereocenters. The number of fused-ring (bicyclic) bond motifs is 1. The molecule has 1 aromatic carbocycles. The zero-order valence-electron chi connectivity index (χ0n) is 9.10. The van der Waals surface area contributed by atoms with Gasteiger partial charge in [-0.2, -0.15) is 0 Å². The van der Waals surface area contributed by atoms with E-state index in [4.69, 9.17) is 0 Å². The van der Waals surface area contributed by atoms with Crippen molar-refractivity contribution in [2.45, 2.75) is 26.7 Å². The summed E-state index contributed by atoms with van der Waals surface area (Å²) in [6.07, 6.45) is 0. The summed E-state index contributed by atoms with van der Waals surface area (Å²) >= 11 is 3.49. The van der Waals surface area contributed by atoms with Gasteiger partial charge < -0.3 is 5.32 Å². The maximum Gasteiger partial charge on any atom is 0.227 e. The molecule has 3 heteroatoms. The molecule has 0 bridgehead atoms. The molecule has 2 nitrogen and oxygen atoms in total. The van der Waals surface area contributed by atoms with Crippen molar-refractivity contribution in [1.82, 2.24) is 0 Å². The number of carbonyl (C=O) groups is 1. The fraction of sp³-hybridized carbons (Fsp3) is 0.417. The number of nitrogens with one attached hydrogen (secondary N) is 1. The Hall–Kier alpha value is -0.830. The first-order chi connectivity index (χ1) is 7.00. The van der Waals surface area contributed by atoms with Crippen LogP contribution in [-0.4, -0.2) is 5.91 Å². The van der Waals surface area contributed by atoms with Crippen LogP contribution in [0.4, 0.5) is 5.69 Å². The van der Waals surface area contributed by atoms with Crippen LogP contribution in [0.15, 0.2) is 16.6 Å². The van der Waals surface area contributed by atoms with Gasteiger partial charge in [0.05, 0.1) is 0 Å². The van der Waals surface area contributed by atoms with Crippen LogP contribution >= 0.6 is 15.9 Å². The number of hydrogen-bond donors (Lipinski definition) is 1. The molecular formula is C12H14BrNO. The van der Waals surface area contributed by atoms with Gasteiger partial charge in [-0.1, -0.05) is 29.8 Å². The molecule has 1 amide bonds. The SMILES string of the molecule is Cc1cc(Br)cc2c1NC(=O)[C@@H](C)[C@H]2C. The Morgan fingerprint density at radius 1 is 1.27 bits per heavy atom. The van der Waals surface area contributed by atoms with E-state index in [1.165, 1.54) is 5.56 Å². The molecule has 1 heterocycles. The van der Waals surface area contributed by atoms with Gasteiger partial charge in [0.2, 0.25) is 5.91 Å². The molecule has 0 fully saturated rings. The van der Waals surface area contributed by atoms with Crippen LogP contribution in [0, 0.1) is 12.8 Å². The quantitative estimate of drug-likeness (QED) is 0.767. The average molecular weight is 268 g/mol. The fourth-order valence-electron chi connectivity index (χ4n) is 2.03. The summed E-state index contributed by atoms with van der Waals surface area (Å²) in [5.74, 6) is 0.455. The van der Waals surface area contributed by atoms with Crippen molar-refractivity contribution >= 4 is 27.5 Å². The Morgan fingerprint density at radius 2 is 1.93 bits per heavy atom. The molecule has 0 spiro atoms. The van der Waals surface area contributed by atoms with Gasteiger partial charge in [0.15, 0.2) is 0 Å². The zero-order chi connectivity index (χ0) is 11.2. The van der Waals surface area contributed by atoms with Crippen LogP contribution in [0.2, 0.25) is 0 Å². The molecule has 1 aliphatic heterocycles. The summed E-state index contributed by atoms with van der Waals surface area (Å²) in [6, 6.07) is 4.13. The van der Waals surface area contributed by atoms with Gasteiger partial charge in [0.25, 0.3) is 0 Å². The monoisotopic (exact) mass is 267 g/mol. The minimum Gasteiger partial charge on any atom is -0.325 e. The zero-order valence-corrected chi connectivity index (χ0v) is 10.7. The van der Waals surface area contributed by atoms with Crippen molar-refractivity contribution in [2.24, 2.45) is 5.92 Å². The fourth-order valence-corrected chi connectivity index (χ4v) is 2.62. The third kappa shape index (κ3) is 1.69. The Bertz CT molecular complexity index is 428. The van der Waals surface area contributed by atoms with Crippen molar-refractivity contribution in [3.05, 3.63) is 27.7 Å². The van der Waals surface area contributed by atoms with Gasteiger partial charge in [-0.15, -0.1) is 0 Å². The van der Waals surface area contributed by atoms with Crippen molar-refractivity contribution in [1.29, 1.82) is 0 Å². The van der Waals surface area contributed by atoms with Crippen LogP contribution in [-0.2, 0) is 4.79 Å². The van der Waals surface area contributed by atoms with Crippen LogP contribution in [0.3, 0.4) is 0 Å². The highest BCUT2D eigenvalue weighted by atomic mass is 79.9. The first kappa shape index (κ1) is 10.7. The summed E-state index contributed by atoms with van der Waals surface area (Å²) in [5.41, 5.74) is 3.34. The van der Waals surface area contributed by atoms with Crippen LogP contribution < -0.4 is 5.32 Å². The number of anilines is 1. The lowest BCUT2D eigenvalue weighted by molar-refractivity contribution is -0.120. The first-order valence-electron chi connectivity index (χ1n) is 5.11. The molecule has 0 aromatic heterocycles. The number of hydrogen-bond acceptors (Lipinski definition) is 1. The van der Waals surface area contributed by atoms with Gasteiger partial charge >= 0.3 is 0 Å². The minimum absolute atomic E-state index is 0.0474. The summed E-state index contributed by atoms with van der Waals surface area (Å²) < 4.78 is 1.08. The number of carbonyl (C=O) groups excluding carboxylic acids is 1. The smallest absolute Gasteiger partial charge is 0.227 e. The third-order valence-corrected chi connectivity index (χ3v) is 3.69. The highest BCUT2D eigenvalue weighted by molar-refractivity contribution is 9.10. The Kier molecular flexibility index (Phi) is 2.59. The average Bonchev–Trinajstić information content (AvgIpc) is 2.17. The van der Waals surface area contributed by atoms with E-state index < -0.39 is 0 Å². The van der Waals surface area contributed by atoms with E-state index in [1.807, 2.05) is 19.9 Å². The summed E-state index contributed by atoms with van der Waals surface area (Å²) in [6.45, 7) is 6.10. The standard InChI is InChI=1S/C12H14BrNO/c1-6-4-9(13)5-10-7(2)8(3)12(15)14-11(6)10/h4-5,7-8H,1-3H3,(H,14,15)/t7-,8+/m1/s1. The van der Waals surface area contributed by atoms with Crippen molar-refractivity contribution in [2.75, 3.05) is 5.32 Å². The largest absolute Gasteiger partial charge is 0.325 e. The van der Waals surface area contributed by atoms with Crippen molar-refractivity contribution < 1.29 is 4.79 Å². The number of benzene rings is 1. The Labute approximate surface area is 98.2 Å². The lowest BCUT2D eigenvalue weighted by Crippen LogP contribution is -2.30. The molecule has 2 atom stereocenters. The molecule has 0 saturated heterocycles. The normalized spacial score (nSPS) is 24.7. The van der Waals surface area contributed by atoms with Crippen LogP contribution in [0.1, 0.15) is 30.9 Å². The lowest BCUT2D eigenvalue weighted by atomic mass is 9.83. The predicted molar refractivity (Wildman–Crippen MR) is 65.1 cm³/mol. The number of halogens is 1. The van der Waals surface area contributed by atoms with Gasteiger partial charge in [0.1, 0.15) is 0 Å². The van der Waals surface area contributed by atoms with E-state index in [1.54, 1.807) is 0 Å².